The van der Waals surface area contributed by atoms with Crippen LogP contribution in [0.4, 0.5) is 5.69 Å². The van der Waals surface area contributed by atoms with Crippen molar-refractivity contribution in [1.29, 1.82) is 0 Å². The Morgan fingerprint density at radius 2 is 1.77 bits per heavy atom. The number of hydrogen-bond donors (Lipinski definition) is 1. The normalized spacial score (nSPS) is 10.6. The van der Waals surface area contributed by atoms with Crippen LogP contribution < -0.4 is 10.1 Å². The predicted molar refractivity (Wildman–Crippen MR) is 124 cm³/mol. The number of nitrogens with one attached hydrogen (secondary N) is 1. The molecule has 0 saturated carbocycles. The highest BCUT2D eigenvalue weighted by molar-refractivity contribution is 7.99. The lowest BCUT2D eigenvalue weighted by molar-refractivity contribution is 0.102. The number of ether oxygens (including phenoxy) is 1. The molecule has 1 aromatic heterocycles. The van der Waals surface area contributed by atoms with Gasteiger partial charge in [-0.2, -0.15) is 5.10 Å². The molecule has 5 nitrogen and oxygen atoms in total. The molecule has 1 heterocycles. The van der Waals surface area contributed by atoms with Gasteiger partial charge in [-0.15, -0.1) is 0 Å². The van der Waals surface area contributed by atoms with Gasteiger partial charge in [0.05, 0.1) is 5.69 Å². The summed E-state index contributed by atoms with van der Waals surface area (Å²) in [5.41, 5.74) is 3.28. The van der Waals surface area contributed by atoms with Crippen molar-refractivity contribution >= 4 is 23.4 Å². The molecule has 0 aliphatic carbocycles. The van der Waals surface area contributed by atoms with E-state index < -0.39 is 0 Å². The zero-order chi connectivity index (χ0) is 21.6. The average Bonchev–Trinajstić information content (AvgIpc) is 3.26. The predicted octanol–water partition coefficient (Wildman–Crippen LogP) is 5.94. The second-order valence-electron chi connectivity index (χ2n) is 7.15. The molecule has 0 spiro atoms. The van der Waals surface area contributed by atoms with Crippen LogP contribution in [0.5, 0.6) is 5.75 Å². The SMILES string of the molecule is Cc1ccc(C)c(OCn2ccc(C(=O)Nc3ccccc3Sc3ccccc3)n2)c1. The zero-order valence-corrected chi connectivity index (χ0v) is 18.2. The molecule has 0 bridgehead atoms. The van der Waals surface area contributed by atoms with Crippen LogP contribution in [0.2, 0.25) is 0 Å². The number of hydrogen-bond acceptors (Lipinski definition) is 4. The van der Waals surface area contributed by atoms with Crippen LogP contribution in [0, 0.1) is 13.8 Å². The Morgan fingerprint density at radius 1 is 1.00 bits per heavy atom. The molecule has 0 atom stereocenters. The van der Waals surface area contributed by atoms with Gasteiger partial charge in [-0.05, 0) is 61.4 Å². The van der Waals surface area contributed by atoms with Crippen LogP contribution >= 0.6 is 11.8 Å². The minimum absolute atomic E-state index is 0.234. The maximum absolute atomic E-state index is 12.8. The van der Waals surface area contributed by atoms with Crippen LogP contribution in [0.15, 0.2) is 94.9 Å². The van der Waals surface area contributed by atoms with Crippen molar-refractivity contribution < 1.29 is 9.53 Å². The highest BCUT2D eigenvalue weighted by Gasteiger charge is 2.13. The summed E-state index contributed by atoms with van der Waals surface area (Å²) in [6.07, 6.45) is 1.74. The van der Waals surface area contributed by atoms with Crippen molar-refractivity contribution in [1.82, 2.24) is 9.78 Å². The molecule has 0 saturated heterocycles. The lowest BCUT2D eigenvalue weighted by atomic mass is 10.1. The van der Waals surface area contributed by atoms with Crippen molar-refractivity contribution in [2.75, 3.05) is 5.32 Å². The van der Waals surface area contributed by atoms with Gasteiger partial charge in [-0.1, -0.05) is 54.2 Å². The number of carbonyl (C=O) groups excluding carboxylic acids is 1. The minimum Gasteiger partial charge on any atom is -0.471 e. The van der Waals surface area contributed by atoms with Gasteiger partial charge < -0.3 is 10.1 Å². The molecule has 0 aliphatic heterocycles. The number of carbonyl (C=O) groups is 1. The van der Waals surface area contributed by atoms with E-state index in [9.17, 15) is 4.79 Å². The largest absolute Gasteiger partial charge is 0.471 e. The van der Waals surface area contributed by atoms with E-state index in [4.69, 9.17) is 4.74 Å². The standard InChI is InChI=1S/C25H23N3O2S/c1-18-12-13-19(2)23(16-18)30-17-28-15-14-22(27-28)25(29)26-21-10-6-7-11-24(21)31-20-8-4-3-5-9-20/h3-16H,17H2,1-2H3,(H,26,29). The Bertz CT molecular complexity index is 1190. The topological polar surface area (TPSA) is 56.1 Å². The summed E-state index contributed by atoms with van der Waals surface area (Å²) >= 11 is 1.60. The van der Waals surface area contributed by atoms with Crippen molar-refractivity contribution in [2.45, 2.75) is 30.4 Å². The van der Waals surface area contributed by atoms with E-state index in [0.717, 1.165) is 32.4 Å². The van der Waals surface area contributed by atoms with E-state index in [-0.39, 0.29) is 12.6 Å². The quantitative estimate of drug-likeness (QED) is 0.395. The summed E-state index contributed by atoms with van der Waals surface area (Å²) in [5.74, 6) is 0.556. The van der Waals surface area contributed by atoms with Crippen LogP contribution in [-0.4, -0.2) is 15.7 Å². The first kappa shape index (κ1) is 20.8. The number of anilines is 1. The van der Waals surface area contributed by atoms with Crippen molar-refractivity contribution in [3.63, 3.8) is 0 Å². The van der Waals surface area contributed by atoms with E-state index in [2.05, 4.69) is 10.4 Å². The molecule has 6 heteroatoms. The summed E-state index contributed by atoms with van der Waals surface area (Å²) in [4.78, 5) is 14.8. The molecule has 156 valence electrons. The molecule has 1 amide bonds. The lowest BCUT2D eigenvalue weighted by Crippen LogP contribution is -2.14. The fourth-order valence-electron chi connectivity index (χ4n) is 3.01. The first-order chi connectivity index (χ1) is 15.1. The van der Waals surface area contributed by atoms with Gasteiger partial charge in [0.1, 0.15) is 5.75 Å². The Kier molecular flexibility index (Phi) is 6.38. The van der Waals surface area contributed by atoms with E-state index in [1.54, 1.807) is 28.7 Å². The summed E-state index contributed by atoms with van der Waals surface area (Å²) in [7, 11) is 0. The monoisotopic (exact) mass is 429 g/mol. The summed E-state index contributed by atoms with van der Waals surface area (Å²) in [5, 5.41) is 7.33. The molecule has 0 unspecified atom stereocenters. The second kappa shape index (κ2) is 9.53. The van der Waals surface area contributed by atoms with Gasteiger partial charge in [0.2, 0.25) is 0 Å². The van der Waals surface area contributed by atoms with E-state index in [1.807, 2.05) is 86.6 Å². The molecule has 4 aromatic rings. The van der Waals surface area contributed by atoms with Gasteiger partial charge in [-0.3, -0.25) is 4.79 Å². The Labute approximate surface area is 186 Å². The Morgan fingerprint density at radius 3 is 2.61 bits per heavy atom. The molecular formula is C25H23N3O2S. The number of benzene rings is 3. The molecule has 0 fully saturated rings. The third-order valence-corrected chi connectivity index (χ3v) is 5.76. The number of nitrogens with zero attached hydrogens (tertiary/aromatic N) is 2. The lowest BCUT2D eigenvalue weighted by Gasteiger charge is -2.10. The fourth-order valence-corrected chi connectivity index (χ4v) is 3.94. The van der Waals surface area contributed by atoms with Crippen molar-refractivity contribution in [3.8, 4) is 5.75 Å². The highest BCUT2D eigenvalue weighted by atomic mass is 32.2. The number of amides is 1. The third kappa shape index (κ3) is 5.35. The van der Waals surface area contributed by atoms with E-state index in [0.29, 0.717) is 5.69 Å². The van der Waals surface area contributed by atoms with Gasteiger partial charge in [0.15, 0.2) is 12.4 Å². The van der Waals surface area contributed by atoms with Gasteiger partial charge >= 0.3 is 0 Å². The maximum atomic E-state index is 12.8. The Balaban J connectivity index is 1.42. The summed E-state index contributed by atoms with van der Waals surface area (Å²) in [6, 6.07) is 25.6. The third-order valence-electron chi connectivity index (χ3n) is 4.68. The number of aryl methyl sites for hydroxylation is 2. The smallest absolute Gasteiger partial charge is 0.276 e. The van der Waals surface area contributed by atoms with Crippen molar-refractivity contribution in [2.24, 2.45) is 0 Å². The molecule has 3 aromatic carbocycles. The van der Waals surface area contributed by atoms with E-state index in [1.165, 1.54) is 0 Å². The summed E-state index contributed by atoms with van der Waals surface area (Å²) < 4.78 is 7.48. The zero-order valence-electron chi connectivity index (χ0n) is 17.4. The maximum Gasteiger partial charge on any atom is 0.276 e. The number of rotatable bonds is 7. The van der Waals surface area contributed by atoms with Crippen LogP contribution in [-0.2, 0) is 6.73 Å². The molecule has 31 heavy (non-hydrogen) atoms. The van der Waals surface area contributed by atoms with Crippen LogP contribution in [0.25, 0.3) is 0 Å². The molecule has 1 N–H and O–H groups in total. The Hall–Kier alpha value is -3.51. The molecule has 4 rings (SSSR count). The fraction of sp³-hybridized carbons (Fsp3) is 0.120. The number of para-hydroxylation sites is 1. The first-order valence-corrected chi connectivity index (χ1v) is 10.8. The first-order valence-electron chi connectivity index (χ1n) is 9.95. The molecule has 0 radical (unpaired) electrons. The molecular weight excluding hydrogens is 406 g/mol. The molecule has 0 aliphatic rings. The van der Waals surface area contributed by atoms with Crippen molar-refractivity contribution in [3.05, 3.63) is 102 Å². The number of aromatic nitrogens is 2. The average molecular weight is 430 g/mol. The highest BCUT2D eigenvalue weighted by Crippen LogP contribution is 2.33. The van der Waals surface area contributed by atoms with Gasteiger partial charge in [-0.25, -0.2) is 4.68 Å². The minimum atomic E-state index is -0.258. The summed E-state index contributed by atoms with van der Waals surface area (Å²) in [6.45, 7) is 4.26. The van der Waals surface area contributed by atoms with Gasteiger partial charge in [0, 0.05) is 16.0 Å². The van der Waals surface area contributed by atoms with Crippen LogP contribution in [0.3, 0.4) is 0 Å². The second-order valence-corrected chi connectivity index (χ2v) is 8.26. The van der Waals surface area contributed by atoms with Gasteiger partial charge in [0.25, 0.3) is 5.91 Å². The van der Waals surface area contributed by atoms with Crippen LogP contribution in [0.1, 0.15) is 21.6 Å². The van der Waals surface area contributed by atoms with E-state index >= 15 is 0 Å².